The van der Waals surface area contributed by atoms with Gasteiger partial charge in [-0.25, -0.2) is 4.79 Å². The number of nitrogens with two attached hydrogens (primary N) is 1. The van der Waals surface area contributed by atoms with Gasteiger partial charge in [-0.05, 0) is 26.0 Å². The molecular weight excluding hydrogens is 268 g/mol. The first kappa shape index (κ1) is 15.3. The Kier molecular flexibility index (Phi) is 5.63. The molecule has 0 unspecified atom stereocenters. The minimum absolute atomic E-state index is 0.141. The van der Waals surface area contributed by atoms with E-state index in [4.69, 9.17) is 22.1 Å². The number of hydrogen-bond donors (Lipinski definition) is 1. The van der Waals surface area contributed by atoms with Crippen molar-refractivity contribution >= 4 is 29.2 Å². The number of anilines is 1. The maximum absolute atomic E-state index is 11.8. The molecule has 0 saturated heterocycles. The van der Waals surface area contributed by atoms with Crippen LogP contribution in [0.25, 0.3) is 0 Å². The summed E-state index contributed by atoms with van der Waals surface area (Å²) in [4.78, 5) is 25.1. The van der Waals surface area contributed by atoms with E-state index in [1.54, 1.807) is 17.0 Å². The zero-order chi connectivity index (χ0) is 14.4. The van der Waals surface area contributed by atoms with Crippen LogP contribution in [0.4, 0.5) is 5.69 Å². The van der Waals surface area contributed by atoms with Gasteiger partial charge < -0.3 is 15.4 Å². The molecule has 1 aromatic carbocycles. The number of esters is 1. The molecule has 0 aliphatic heterocycles. The second-order valence-electron chi connectivity index (χ2n) is 3.85. The molecule has 19 heavy (non-hydrogen) atoms. The average Bonchev–Trinajstić information content (AvgIpc) is 2.40. The van der Waals surface area contributed by atoms with Gasteiger partial charge in [0.15, 0.2) is 6.61 Å². The third kappa shape index (κ3) is 3.86. The molecule has 2 N–H and O–H groups in total. The first-order chi connectivity index (χ1) is 9.01. The van der Waals surface area contributed by atoms with Crippen LogP contribution in [0.15, 0.2) is 18.2 Å². The van der Waals surface area contributed by atoms with Gasteiger partial charge in [0, 0.05) is 13.1 Å². The molecule has 1 amide bonds. The normalized spacial score (nSPS) is 10.1. The number of halogens is 1. The molecule has 1 rings (SSSR count). The molecule has 0 bridgehead atoms. The fourth-order valence-corrected chi connectivity index (χ4v) is 1.78. The van der Waals surface area contributed by atoms with Crippen molar-refractivity contribution in [1.29, 1.82) is 0 Å². The SMILES string of the molecule is CCN(CC)C(=O)COC(=O)c1cccc(N)c1Cl. The number of benzene rings is 1. The number of carbonyl (C=O) groups is 2. The van der Waals surface area contributed by atoms with E-state index in [0.717, 1.165) is 0 Å². The van der Waals surface area contributed by atoms with Gasteiger partial charge in [0.25, 0.3) is 5.91 Å². The smallest absolute Gasteiger partial charge is 0.340 e. The van der Waals surface area contributed by atoms with E-state index < -0.39 is 5.97 Å². The predicted molar refractivity (Wildman–Crippen MR) is 74.1 cm³/mol. The van der Waals surface area contributed by atoms with E-state index in [1.807, 2.05) is 13.8 Å². The molecule has 5 nitrogen and oxygen atoms in total. The number of rotatable bonds is 5. The van der Waals surface area contributed by atoms with Crippen LogP contribution in [0.3, 0.4) is 0 Å². The number of nitrogens with zero attached hydrogens (tertiary/aromatic N) is 1. The number of ether oxygens (including phenoxy) is 1. The highest BCUT2D eigenvalue weighted by atomic mass is 35.5. The average molecular weight is 285 g/mol. The fourth-order valence-electron chi connectivity index (χ4n) is 1.58. The Morgan fingerprint density at radius 1 is 1.32 bits per heavy atom. The monoisotopic (exact) mass is 284 g/mol. The summed E-state index contributed by atoms with van der Waals surface area (Å²) in [6.45, 7) is 4.57. The van der Waals surface area contributed by atoms with Crippen molar-refractivity contribution < 1.29 is 14.3 Å². The Balaban J connectivity index is 2.66. The van der Waals surface area contributed by atoms with E-state index in [9.17, 15) is 9.59 Å². The molecule has 0 spiro atoms. The van der Waals surface area contributed by atoms with Crippen LogP contribution >= 0.6 is 11.6 Å². The summed E-state index contributed by atoms with van der Waals surface area (Å²) in [7, 11) is 0. The standard InChI is InChI=1S/C13H17ClN2O3/c1-3-16(4-2)11(17)8-19-13(18)9-6-5-7-10(15)12(9)14/h5-7H,3-4,8,15H2,1-2H3. The quantitative estimate of drug-likeness (QED) is 0.662. The van der Waals surface area contributed by atoms with Gasteiger partial charge in [-0.15, -0.1) is 0 Å². The highest BCUT2D eigenvalue weighted by Gasteiger charge is 2.16. The molecule has 6 heteroatoms. The lowest BCUT2D eigenvalue weighted by Crippen LogP contribution is -2.34. The van der Waals surface area contributed by atoms with Crippen LogP contribution in [-0.4, -0.2) is 36.5 Å². The molecule has 0 heterocycles. The topological polar surface area (TPSA) is 72.6 Å². The van der Waals surface area contributed by atoms with Gasteiger partial charge in [-0.1, -0.05) is 17.7 Å². The summed E-state index contributed by atoms with van der Waals surface area (Å²) >= 11 is 5.90. The third-order valence-corrected chi connectivity index (χ3v) is 3.11. The highest BCUT2D eigenvalue weighted by Crippen LogP contribution is 2.23. The number of nitrogen functional groups attached to an aromatic ring is 1. The molecule has 0 radical (unpaired) electrons. The summed E-state index contributed by atoms with van der Waals surface area (Å²) in [5.41, 5.74) is 6.05. The molecular formula is C13H17ClN2O3. The number of hydrogen-bond acceptors (Lipinski definition) is 4. The van der Waals surface area contributed by atoms with Crippen molar-refractivity contribution in [3.05, 3.63) is 28.8 Å². The first-order valence-corrected chi connectivity index (χ1v) is 6.37. The molecule has 0 saturated carbocycles. The molecule has 0 atom stereocenters. The van der Waals surface area contributed by atoms with Gasteiger partial charge in [0.2, 0.25) is 0 Å². The van der Waals surface area contributed by atoms with Crippen molar-refractivity contribution in [3.63, 3.8) is 0 Å². The van der Waals surface area contributed by atoms with E-state index >= 15 is 0 Å². The predicted octanol–water partition coefficient (Wildman–Crippen LogP) is 1.95. The largest absolute Gasteiger partial charge is 0.452 e. The minimum atomic E-state index is -0.655. The second kappa shape index (κ2) is 6.99. The summed E-state index contributed by atoms with van der Waals surface area (Å²) in [6.07, 6.45) is 0. The lowest BCUT2D eigenvalue weighted by molar-refractivity contribution is -0.134. The van der Waals surface area contributed by atoms with E-state index in [2.05, 4.69) is 0 Å². The van der Waals surface area contributed by atoms with Crippen LogP contribution in [-0.2, 0) is 9.53 Å². The lowest BCUT2D eigenvalue weighted by Gasteiger charge is -2.18. The summed E-state index contributed by atoms with van der Waals surface area (Å²) in [5, 5.41) is 0.141. The van der Waals surface area contributed by atoms with Crippen molar-refractivity contribution in [2.24, 2.45) is 0 Å². The molecule has 0 aliphatic rings. The number of amides is 1. The van der Waals surface area contributed by atoms with Gasteiger partial charge in [-0.3, -0.25) is 4.79 Å². The van der Waals surface area contributed by atoms with Crippen LogP contribution in [0, 0.1) is 0 Å². The third-order valence-electron chi connectivity index (χ3n) is 2.69. The van der Waals surface area contributed by atoms with Crippen LogP contribution in [0.5, 0.6) is 0 Å². The summed E-state index contributed by atoms with van der Waals surface area (Å²) in [6, 6.07) is 4.69. The van der Waals surface area contributed by atoms with Gasteiger partial charge >= 0.3 is 5.97 Å². The first-order valence-electron chi connectivity index (χ1n) is 6.00. The van der Waals surface area contributed by atoms with Gasteiger partial charge in [-0.2, -0.15) is 0 Å². The van der Waals surface area contributed by atoms with Gasteiger partial charge in [0.1, 0.15) is 0 Å². The second-order valence-corrected chi connectivity index (χ2v) is 4.23. The Bertz CT molecular complexity index is 473. The van der Waals surface area contributed by atoms with Crippen LogP contribution < -0.4 is 5.73 Å². The Morgan fingerprint density at radius 3 is 2.53 bits per heavy atom. The lowest BCUT2D eigenvalue weighted by atomic mass is 10.2. The maximum atomic E-state index is 11.8. The molecule has 0 aromatic heterocycles. The zero-order valence-electron chi connectivity index (χ0n) is 11.0. The van der Waals surface area contributed by atoms with Crippen LogP contribution in [0.1, 0.15) is 24.2 Å². The maximum Gasteiger partial charge on any atom is 0.340 e. The summed E-state index contributed by atoms with van der Waals surface area (Å²) in [5.74, 6) is -0.892. The zero-order valence-corrected chi connectivity index (χ0v) is 11.7. The molecule has 1 aromatic rings. The molecule has 0 aliphatic carbocycles. The molecule has 0 fully saturated rings. The Hall–Kier alpha value is -1.75. The highest BCUT2D eigenvalue weighted by molar-refractivity contribution is 6.36. The van der Waals surface area contributed by atoms with Gasteiger partial charge in [0.05, 0.1) is 16.3 Å². The Labute approximate surface area is 117 Å². The van der Waals surface area contributed by atoms with Crippen molar-refractivity contribution in [2.75, 3.05) is 25.4 Å². The van der Waals surface area contributed by atoms with E-state index in [-0.39, 0.29) is 23.1 Å². The van der Waals surface area contributed by atoms with Crippen molar-refractivity contribution in [1.82, 2.24) is 4.90 Å². The summed E-state index contributed by atoms with van der Waals surface area (Å²) < 4.78 is 4.94. The van der Waals surface area contributed by atoms with E-state index in [1.165, 1.54) is 6.07 Å². The number of likely N-dealkylation sites (N-methyl/N-ethyl adjacent to an activating group) is 1. The van der Waals surface area contributed by atoms with Crippen LogP contribution in [0.2, 0.25) is 5.02 Å². The molecule has 104 valence electrons. The van der Waals surface area contributed by atoms with Crippen molar-refractivity contribution in [3.8, 4) is 0 Å². The minimum Gasteiger partial charge on any atom is -0.452 e. The van der Waals surface area contributed by atoms with Crippen molar-refractivity contribution in [2.45, 2.75) is 13.8 Å². The Morgan fingerprint density at radius 2 is 1.95 bits per heavy atom. The number of carbonyl (C=O) groups excluding carboxylic acids is 2. The van der Waals surface area contributed by atoms with E-state index in [0.29, 0.717) is 18.8 Å². The fraction of sp³-hybridized carbons (Fsp3) is 0.385.